The molecule has 1 aliphatic heterocycles. The number of hydrogen-bond acceptors (Lipinski definition) is 4. The van der Waals surface area contributed by atoms with E-state index in [1.807, 2.05) is 0 Å². The predicted octanol–water partition coefficient (Wildman–Crippen LogP) is 3.56. The Hall–Kier alpha value is -3.35. The van der Waals surface area contributed by atoms with Crippen LogP contribution in [0.2, 0.25) is 0 Å². The third-order valence-electron chi connectivity index (χ3n) is 3.93. The standard InChI is InChI=1S/C18H15FN4O2/c19-13-10-11(23-18(24)14-2-1-7-20-14)3-4-16(13)25-15-6-9-22-17-12(15)5-8-21-17/h1-4,6-7,9-10,20H,5,8H2,(H,21,22)(H,23,24). The Balaban J connectivity index is 1.53. The van der Waals surface area contributed by atoms with Gasteiger partial charge in [0, 0.05) is 36.3 Å². The summed E-state index contributed by atoms with van der Waals surface area (Å²) in [5.74, 6) is 0.555. The van der Waals surface area contributed by atoms with Crippen LogP contribution in [0.4, 0.5) is 15.9 Å². The smallest absolute Gasteiger partial charge is 0.272 e. The summed E-state index contributed by atoms with van der Waals surface area (Å²) in [7, 11) is 0. The van der Waals surface area contributed by atoms with Gasteiger partial charge in [-0.25, -0.2) is 9.37 Å². The van der Waals surface area contributed by atoms with Crippen molar-refractivity contribution in [3.8, 4) is 11.5 Å². The van der Waals surface area contributed by atoms with Crippen molar-refractivity contribution in [1.82, 2.24) is 9.97 Å². The largest absolute Gasteiger partial charge is 0.454 e. The Morgan fingerprint density at radius 3 is 2.96 bits per heavy atom. The summed E-state index contributed by atoms with van der Waals surface area (Å²) in [6.07, 6.45) is 4.05. The molecule has 3 N–H and O–H groups in total. The lowest BCUT2D eigenvalue weighted by atomic mass is 10.2. The van der Waals surface area contributed by atoms with Crippen molar-refractivity contribution in [2.45, 2.75) is 6.42 Å². The van der Waals surface area contributed by atoms with E-state index in [9.17, 15) is 9.18 Å². The zero-order valence-electron chi connectivity index (χ0n) is 13.2. The number of aromatic nitrogens is 2. The molecular formula is C18H15FN4O2. The summed E-state index contributed by atoms with van der Waals surface area (Å²) in [4.78, 5) is 19.0. The zero-order valence-corrected chi connectivity index (χ0v) is 13.2. The molecule has 6 nitrogen and oxygen atoms in total. The number of pyridine rings is 1. The number of amides is 1. The summed E-state index contributed by atoms with van der Waals surface area (Å²) < 4.78 is 20.1. The lowest BCUT2D eigenvalue weighted by Crippen LogP contribution is -2.12. The Morgan fingerprint density at radius 1 is 1.24 bits per heavy atom. The fraction of sp³-hybridized carbons (Fsp3) is 0.111. The minimum Gasteiger partial charge on any atom is -0.454 e. The van der Waals surface area contributed by atoms with Gasteiger partial charge in [0.25, 0.3) is 5.91 Å². The molecule has 0 atom stereocenters. The lowest BCUT2D eigenvalue weighted by molar-refractivity contribution is 0.102. The molecule has 126 valence electrons. The van der Waals surface area contributed by atoms with Gasteiger partial charge < -0.3 is 20.4 Å². The van der Waals surface area contributed by atoms with E-state index in [1.54, 1.807) is 36.7 Å². The number of nitrogens with one attached hydrogen (secondary N) is 3. The number of nitrogens with zero attached hydrogens (tertiary/aromatic N) is 1. The molecule has 0 radical (unpaired) electrons. The molecule has 0 unspecified atom stereocenters. The number of anilines is 2. The van der Waals surface area contributed by atoms with Gasteiger partial charge in [-0.3, -0.25) is 4.79 Å². The number of carbonyl (C=O) groups is 1. The van der Waals surface area contributed by atoms with Gasteiger partial charge >= 0.3 is 0 Å². The van der Waals surface area contributed by atoms with Gasteiger partial charge in [0.2, 0.25) is 0 Å². The molecule has 0 spiro atoms. The van der Waals surface area contributed by atoms with Crippen molar-refractivity contribution >= 4 is 17.4 Å². The van der Waals surface area contributed by atoms with Gasteiger partial charge in [-0.1, -0.05) is 0 Å². The molecule has 0 fully saturated rings. The van der Waals surface area contributed by atoms with E-state index < -0.39 is 5.82 Å². The number of benzene rings is 1. The van der Waals surface area contributed by atoms with Crippen LogP contribution in [-0.4, -0.2) is 22.4 Å². The zero-order chi connectivity index (χ0) is 17.2. The van der Waals surface area contributed by atoms with Crippen molar-refractivity contribution < 1.29 is 13.9 Å². The van der Waals surface area contributed by atoms with Crippen LogP contribution in [0.15, 0.2) is 48.8 Å². The van der Waals surface area contributed by atoms with E-state index in [0.29, 0.717) is 17.1 Å². The molecule has 2 aromatic heterocycles. The minimum atomic E-state index is -0.555. The first kappa shape index (κ1) is 15.2. The average molecular weight is 338 g/mol. The summed E-state index contributed by atoms with van der Waals surface area (Å²) in [6, 6.07) is 9.39. The Bertz CT molecular complexity index is 925. The van der Waals surface area contributed by atoms with Crippen molar-refractivity contribution in [2.75, 3.05) is 17.2 Å². The van der Waals surface area contributed by atoms with Crippen LogP contribution in [0.1, 0.15) is 16.1 Å². The van der Waals surface area contributed by atoms with Crippen LogP contribution in [0.25, 0.3) is 0 Å². The second-order valence-electron chi connectivity index (χ2n) is 5.60. The van der Waals surface area contributed by atoms with E-state index in [4.69, 9.17) is 4.74 Å². The van der Waals surface area contributed by atoms with Crippen molar-refractivity contribution in [3.63, 3.8) is 0 Å². The Labute approximate surface area is 143 Å². The molecule has 1 aromatic carbocycles. The molecule has 25 heavy (non-hydrogen) atoms. The molecule has 0 aliphatic carbocycles. The molecule has 3 aromatic rings. The highest BCUT2D eigenvalue weighted by molar-refractivity contribution is 6.02. The van der Waals surface area contributed by atoms with E-state index in [0.717, 1.165) is 24.3 Å². The molecule has 1 aliphatic rings. The number of rotatable bonds is 4. The maximum atomic E-state index is 14.4. The number of ether oxygens (including phenoxy) is 1. The first-order chi connectivity index (χ1) is 12.2. The SMILES string of the molecule is O=C(Nc1ccc(Oc2ccnc3c2CCN3)c(F)c1)c1ccc[nH]1. The number of H-pyrrole nitrogens is 1. The first-order valence-corrected chi connectivity index (χ1v) is 7.84. The number of fused-ring (bicyclic) bond motifs is 1. The van der Waals surface area contributed by atoms with Crippen LogP contribution < -0.4 is 15.4 Å². The predicted molar refractivity (Wildman–Crippen MR) is 91.7 cm³/mol. The third kappa shape index (κ3) is 3.03. The molecule has 3 heterocycles. The molecule has 0 saturated carbocycles. The third-order valence-corrected chi connectivity index (χ3v) is 3.93. The second-order valence-corrected chi connectivity index (χ2v) is 5.60. The molecular weight excluding hydrogens is 323 g/mol. The monoisotopic (exact) mass is 338 g/mol. The maximum Gasteiger partial charge on any atom is 0.272 e. The average Bonchev–Trinajstić information content (AvgIpc) is 3.28. The summed E-state index contributed by atoms with van der Waals surface area (Å²) in [5.41, 5.74) is 1.69. The topological polar surface area (TPSA) is 79.0 Å². The summed E-state index contributed by atoms with van der Waals surface area (Å²) in [6.45, 7) is 0.787. The molecule has 0 bridgehead atoms. The highest BCUT2D eigenvalue weighted by atomic mass is 19.1. The normalized spacial score (nSPS) is 12.4. The highest BCUT2D eigenvalue weighted by Crippen LogP contribution is 2.34. The van der Waals surface area contributed by atoms with Crippen LogP contribution in [0, 0.1) is 5.82 Å². The first-order valence-electron chi connectivity index (χ1n) is 7.84. The molecule has 1 amide bonds. The van der Waals surface area contributed by atoms with Crippen LogP contribution in [-0.2, 0) is 6.42 Å². The minimum absolute atomic E-state index is 0.0955. The number of halogens is 1. The quantitative estimate of drug-likeness (QED) is 0.679. The fourth-order valence-electron chi connectivity index (χ4n) is 2.72. The summed E-state index contributed by atoms with van der Waals surface area (Å²) in [5, 5.41) is 5.78. The van der Waals surface area contributed by atoms with Crippen molar-refractivity contribution in [1.29, 1.82) is 0 Å². The Morgan fingerprint density at radius 2 is 2.16 bits per heavy atom. The van der Waals surface area contributed by atoms with Gasteiger partial charge in [-0.15, -0.1) is 0 Å². The Kier molecular flexibility index (Phi) is 3.81. The van der Waals surface area contributed by atoms with Crippen LogP contribution in [0.3, 0.4) is 0 Å². The van der Waals surface area contributed by atoms with Gasteiger partial charge in [-0.05, 0) is 36.8 Å². The van der Waals surface area contributed by atoms with Crippen LogP contribution in [0.5, 0.6) is 11.5 Å². The number of aromatic amines is 1. The molecule has 7 heteroatoms. The lowest BCUT2D eigenvalue weighted by Gasteiger charge is -2.11. The van der Waals surface area contributed by atoms with Crippen molar-refractivity contribution in [3.05, 3.63) is 65.9 Å². The fourth-order valence-corrected chi connectivity index (χ4v) is 2.72. The maximum absolute atomic E-state index is 14.4. The van der Waals surface area contributed by atoms with Crippen molar-refractivity contribution in [2.24, 2.45) is 0 Å². The van der Waals surface area contributed by atoms with Gasteiger partial charge in [0.05, 0.1) is 0 Å². The van der Waals surface area contributed by atoms with Gasteiger partial charge in [0.1, 0.15) is 17.3 Å². The van der Waals surface area contributed by atoms with E-state index >= 15 is 0 Å². The van der Waals surface area contributed by atoms with E-state index in [2.05, 4.69) is 20.6 Å². The van der Waals surface area contributed by atoms with Gasteiger partial charge in [-0.2, -0.15) is 0 Å². The van der Waals surface area contributed by atoms with E-state index in [1.165, 1.54) is 12.1 Å². The number of hydrogen-bond donors (Lipinski definition) is 3. The molecule has 4 rings (SSSR count). The van der Waals surface area contributed by atoms with Crippen LogP contribution >= 0.6 is 0 Å². The van der Waals surface area contributed by atoms with E-state index in [-0.39, 0.29) is 11.7 Å². The van der Waals surface area contributed by atoms with Gasteiger partial charge in [0.15, 0.2) is 11.6 Å². The second kappa shape index (κ2) is 6.27. The number of carbonyl (C=O) groups excluding carboxylic acids is 1. The summed E-state index contributed by atoms with van der Waals surface area (Å²) >= 11 is 0. The molecule has 0 saturated heterocycles. The highest BCUT2D eigenvalue weighted by Gasteiger charge is 2.18.